The molecule has 1 saturated carbocycles. The fourth-order valence-electron chi connectivity index (χ4n) is 4.30. The fraction of sp³-hybridized carbons (Fsp3) is 0.267. The highest BCUT2D eigenvalue weighted by atomic mass is 32.1. The van der Waals surface area contributed by atoms with Gasteiger partial charge in [-0.25, -0.2) is 0 Å². The van der Waals surface area contributed by atoms with Gasteiger partial charge in [0.05, 0.1) is 18.9 Å². The molecule has 5 nitrogen and oxygen atoms in total. The number of nitrogens with zero attached hydrogens (tertiary/aromatic N) is 2. The monoisotopic (exact) mass is 497 g/mol. The van der Waals surface area contributed by atoms with Crippen molar-refractivity contribution in [2.45, 2.75) is 26.2 Å². The topological polar surface area (TPSA) is 55.2 Å². The Labute approximate surface area is 216 Å². The van der Waals surface area contributed by atoms with E-state index >= 15 is 0 Å². The molecular weight excluding hydrogens is 466 g/mol. The first kappa shape index (κ1) is 24.1. The summed E-state index contributed by atoms with van der Waals surface area (Å²) >= 11 is 1.71. The number of rotatable bonds is 10. The van der Waals surface area contributed by atoms with Crippen LogP contribution in [0, 0.1) is 12.3 Å². The lowest BCUT2D eigenvalue weighted by molar-refractivity contribution is 0.00994. The molecule has 1 N–H and O–H groups in total. The van der Waals surface area contributed by atoms with Gasteiger partial charge in [0, 0.05) is 17.3 Å². The van der Waals surface area contributed by atoms with E-state index in [1.807, 2.05) is 49.5 Å². The van der Waals surface area contributed by atoms with Crippen LogP contribution in [-0.2, 0) is 0 Å². The fourth-order valence-corrected chi connectivity index (χ4v) is 5.03. The van der Waals surface area contributed by atoms with Crippen molar-refractivity contribution < 1.29 is 9.47 Å². The molecule has 1 aromatic heterocycles. The van der Waals surface area contributed by atoms with Crippen molar-refractivity contribution in [1.82, 2.24) is 0 Å². The molecule has 0 radical (unpaired) electrons. The van der Waals surface area contributed by atoms with E-state index in [-0.39, 0.29) is 5.41 Å². The van der Waals surface area contributed by atoms with Crippen molar-refractivity contribution in [3.63, 3.8) is 0 Å². The molecule has 6 heteroatoms. The zero-order chi connectivity index (χ0) is 24.8. The SMILES string of the molecule is CNc1ccccc1N=Nc1cc(-c2cccs2)ccc1OCC1(COc2ccc(C)cc2)CCC1. The third kappa shape index (κ3) is 5.60. The normalized spacial score (nSPS) is 14.4. The number of aryl methyl sites for hydroxylation is 1. The molecule has 4 aromatic rings. The van der Waals surface area contributed by atoms with Gasteiger partial charge in [-0.05, 0) is 79.2 Å². The molecule has 1 aliphatic rings. The van der Waals surface area contributed by atoms with Crippen molar-refractivity contribution in [2.75, 3.05) is 25.6 Å². The van der Waals surface area contributed by atoms with E-state index in [2.05, 4.69) is 64.2 Å². The van der Waals surface area contributed by atoms with Gasteiger partial charge in [-0.1, -0.05) is 42.3 Å². The van der Waals surface area contributed by atoms with Gasteiger partial charge in [0.2, 0.25) is 0 Å². The smallest absolute Gasteiger partial charge is 0.146 e. The summed E-state index contributed by atoms with van der Waals surface area (Å²) < 4.78 is 12.6. The summed E-state index contributed by atoms with van der Waals surface area (Å²) in [6.07, 6.45) is 3.39. The number of anilines is 1. The highest BCUT2D eigenvalue weighted by molar-refractivity contribution is 7.13. The van der Waals surface area contributed by atoms with Gasteiger partial charge in [-0.3, -0.25) is 0 Å². The molecule has 0 bridgehead atoms. The molecule has 1 fully saturated rings. The maximum atomic E-state index is 6.42. The Bertz CT molecular complexity index is 1310. The number of hydrogen-bond donors (Lipinski definition) is 1. The summed E-state index contributed by atoms with van der Waals surface area (Å²) in [5, 5.41) is 14.4. The van der Waals surface area contributed by atoms with E-state index < -0.39 is 0 Å². The molecule has 5 rings (SSSR count). The van der Waals surface area contributed by atoms with E-state index in [0.29, 0.717) is 13.2 Å². The zero-order valence-corrected chi connectivity index (χ0v) is 21.6. The Morgan fingerprint density at radius 1 is 0.861 bits per heavy atom. The Kier molecular flexibility index (Phi) is 7.33. The first-order chi connectivity index (χ1) is 17.6. The quantitative estimate of drug-likeness (QED) is 0.223. The molecule has 1 aliphatic carbocycles. The third-order valence-electron chi connectivity index (χ3n) is 6.72. The number of nitrogens with one attached hydrogen (secondary N) is 1. The van der Waals surface area contributed by atoms with Crippen LogP contribution in [0.15, 0.2) is 94.5 Å². The van der Waals surface area contributed by atoms with Gasteiger partial charge in [0.25, 0.3) is 0 Å². The van der Waals surface area contributed by atoms with Gasteiger partial charge in [0.15, 0.2) is 0 Å². The minimum absolute atomic E-state index is 0.0183. The van der Waals surface area contributed by atoms with Crippen molar-refractivity contribution in [1.29, 1.82) is 0 Å². The third-order valence-corrected chi connectivity index (χ3v) is 7.64. The molecule has 0 spiro atoms. The number of ether oxygens (including phenoxy) is 2. The number of azo groups is 1. The highest BCUT2D eigenvalue weighted by Crippen LogP contribution is 2.43. The highest BCUT2D eigenvalue weighted by Gasteiger charge is 2.39. The van der Waals surface area contributed by atoms with Gasteiger partial charge in [-0.2, -0.15) is 0 Å². The van der Waals surface area contributed by atoms with E-state index in [0.717, 1.165) is 47.0 Å². The molecule has 184 valence electrons. The molecule has 0 unspecified atom stereocenters. The van der Waals surface area contributed by atoms with Crippen LogP contribution >= 0.6 is 11.3 Å². The summed E-state index contributed by atoms with van der Waals surface area (Å²) in [5.41, 5.74) is 4.79. The number of benzene rings is 3. The molecule has 1 heterocycles. The number of para-hydroxylation sites is 1. The first-order valence-electron chi connectivity index (χ1n) is 12.3. The average Bonchev–Trinajstić information content (AvgIpc) is 3.43. The van der Waals surface area contributed by atoms with Gasteiger partial charge in [0.1, 0.15) is 22.9 Å². The average molecular weight is 498 g/mol. The van der Waals surface area contributed by atoms with E-state index in [4.69, 9.17) is 9.47 Å². The number of hydrogen-bond acceptors (Lipinski definition) is 6. The summed E-state index contributed by atoms with van der Waals surface area (Å²) in [6.45, 7) is 3.32. The van der Waals surface area contributed by atoms with E-state index in [9.17, 15) is 0 Å². The van der Waals surface area contributed by atoms with Crippen molar-refractivity contribution in [3.8, 4) is 21.9 Å². The lowest BCUT2D eigenvalue weighted by atomic mass is 9.70. The molecule has 0 aliphatic heterocycles. The lowest BCUT2D eigenvalue weighted by Crippen LogP contribution is -2.41. The molecule has 0 amide bonds. The van der Waals surface area contributed by atoms with Crippen LogP contribution in [0.2, 0.25) is 0 Å². The van der Waals surface area contributed by atoms with Crippen molar-refractivity contribution in [3.05, 3.63) is 89.8 Å². The van der Waals surface area contributed by atoms with Crippen LogP contribution in [0.4, 0.5) is 17.1 Å². The second-order valence-electron chi connectivity index (χ2n) is 9.37. The van der Waals surface area contributed by atoms with Crippen LogP contribution in [-0.4, -0.2) is 20.3 Å². The predicted octanol–water partition coefficient (Wildman–Crippen LogP) is 8.81. The Morgan fingerprint density at radius 2 is 1.64 bits per heavy atom. The summed E-state index contributed by atoms with van der Waals surface area (Å²) in [7, 11) is 1.89. The molecule has 36 heavy (non-hydrogen) atoms. The largest absolute Gasteiger partial charge is 0.493 e. The minimum Gasteiger partial charge on any atom is -0.493 e. The van der Waals surface area contributed by atoms with Crippen LogP contribution in [0.3, 0.4) is 0 Å². The van der Waals surface area contributed by atoms with Gasteiger partial charge < -0.3 is 14.8 Å². The van der Waals surface area contributed by atoms with Crippen LogP contribution in [0.25, 0.3) is 10.4 Å². The maximum Gasteiger partial charge on any atom is 0.146 e. The predicted molar refractivity (Wildman–Crippen MR) is 148 cm³/mol. The molecular formula is C30H31N3O2S. The second kappa shape index (κ2) is 11.0. The Balaban J connectivity index is 1.36. The van der Waals surface area contributed by atoms with E-state index in [1.165, 1.54) is 16.9 Å². The molecule has 0 saturated heterocycles. The second-order valence-corrected chi connectivity index (χ2v) is 10.3. The van der Waals surface area contributed by atoms with Crippen LogP contribution < -0.4 is 14.8 Å². The van der Waals surface area contributed by atoms with E-state index in [1.54, 1.807) is 11.3 Å². The van der Waals surface area contributed by atoms with Gasteiger partial charge >= 0.3 is 0 Å². The summed E-state index contributed by atoms with van der Waals surface area (Å²) in [6, 6.07) is 26.5. The summed E-state index contributed by atoms with van der Waals surface area (Å²) in [5.74, 6) is 1.65. The summed E-state index contributed by atoms with van der Waals surface area (Å²) in [4.78, 5) is 1.19. The van der Waals surface area contributed by atoms with Crippen molar-refractivity contribution >= 4 is 28.4 Å². The zero-order valence-electron chi connectivity index (χ0n) is 20.7. The van der Waals surface area contributed by atoms with Crippen molar-refractivity contribution in [2.24, 2.45) is 15.6 Å². The minimum atomic E-state index is 0.0183. The lowest BCUT2D eigenvalue weighted by Gasteiger charge is -2.41. The molecule has 3 aromatic carbocycles. The van der Waals surface area contributed by atoms with Crippen LogP contribution in [0.5, 0.6) is 11.5 Å². The Hall–Kier alpha value is -3.64. The molecule has 0 atom stereocenters. The van der Waals surface area contributed by atoms with Crippen LogP contribution in [0.1, 0.15) is 24.8 Å². The standard InChI is InChI=1S/C30H31N3O2S/c1-22-10-13-24(14-11-22)34-20-30(16-6-17-30)21-35-28-15-12-23(29-9-5-18-36-29)19-27(28)33-32-26-8-4-3-7-25(26)31-2/h3-5,7-15,18-19,31H,6,16-17,20-21H2,1-2H3. The Morgan fingerprint density at radius 3 is 2.36 bits per heavy atom. The maximum absolute atomic E-state index is 6.42. The van der Waals surface area contributed by atoms with Gasteiger partial charge in [-0.15, -0.1) is 21.6 Å². The number of thiophene rings is 1. The first-order valence-corrected chi connectivity index (χ1v) is 13.2.